The zero-order valence-corrected chi connectivity index (χ0v) is 12.9. The van der Waals surface area contributed by atoms with Crippen LogP contribution < -0.4 is 5.56 Å². The van der Waals surface area contributed by atoms with Crippen molar-refractivity contribution in [2.45, 2.75) is 19.9 Å². The molecular formula is C19H17FN2O. The van der Waals surface area contributed by atoms with Crippen LogP contribution in [-0.4, -0.2) is 9.78 Å². The number of hydrogen-bond donors (Lipinski definition) is 0. The van der Waals surface area contributed by atoms with Crippen molar-refractivity contribution >= 4 is 0 Å². The highest BCUT2D eigenvalue weighted by Crippen LogP contribution is 2.20. The number of nitrogens with zero attached hydrogens (tertiary/aromatic N) is 2. The van der Waals surface area contributed by atoms with Crippen molar-refractivity contribution in [3.8, 4) is 11.3 Å². The second-order valence-electron chi connectivity index (χ2n) is 5.36. The molecule has 0 N–H and O–H groups in total. The van der Waals surface area contributed by atoms with Gasteiger partial charge >= 0.3 is 0 Å². The van der Waals surface area contributed by atoms with Crippen LogP contribution in [0.1, 0.15) is 18.1 Å². The first-order chi connectivity index (χ1) is 11.2. The summed E-state index contributed by atoms with van der Waals surface area (Å²) in [7, 11) is 0. The van der Waals surface area contributed by atoms with Gasteiger partial charge < -0.3 is 0 Å². The first kappa shape index (κ1) is 15.2. The van der Waals surface area contributed by atoms with Crippen molar-refractivity contribution in [1.29, 1.82) is 0 Å². The van der Waals surface area contributed by atoms with Gasteiger partial charge in [-0.2, -0.15) is 5.10 Å². The highest BCUT2D eigenvalue weighted by molar-refractivity contribution is 5.62. The Bertz CT molecular complexity index is 872. The second-order valence-corrected chi connectivity index (χ2v) is 5.36. The Morgan fingerprint density at radius 1 is 1.04 bits per heavy atom. The first-order valence-electron chi connectivity index (χ1n) is 7.58. The van der Waals surface area contributed by atoms with E-state index in [0.29, 0.717) is 5.56 Å². The van der Waals surface area contributed by atoms with Crippen molar-refractivity contribution in [2.75, 3.05) is 0 Å². The molecule has 0 amide bonds. The molecule has 0 bridgehead atoms. The van der Waals surface area contributed by atoms with Gasteiger partial charge in [0, 0.05) is 11.6 Å². The van der Waals surface area contributed by atoms with Crippen molar-refractivity contribution < 1.29 is 4.39 Å². The summed E-state index contributed by atoms with van der Waals surface area (Å²) in [5, 5.41) is 4.52. The second kappa shape index (κ2) is 6.57. The van der Waals surface area contributed by atoms with E-state index < -0.39 is 0 Å². The van der Waals surface area contributed by atoms with Crippen LogP contribution in [0, 0.1) is 5.82 Å². The lowest BCUT2D eigenvalue weighted by molar-refractivity contribution is 0.610. The fraction of sp³-hybridized carbons (Fsp3) is 0.158. The van der Waals surface area contributed by atoms with E-state index in [4.69, 9.17) is 0 Å². The van der Waals surface area contributed by atoms with Gasteiger partial charge in [0.25, 0.3) is 5.56 Å². The summed E-state index contributed by atoms with van der Waals surface area (Å²) < 4.78 is 14.7. The molecule has 0 atom stereocenters. The molecule has 0 fully saturated rings. The van der Waals surface area contributed by atoms with Gasteiger partial charge in [-0.25, -0.2) is 9.07 Å². The van der Waals surface area contributed by atoms with E-state index in [2.05, 4.69) is 5.10 Å². The molecule has 4 heteroatoms. The molecule has 1 heterocycles. The third-order valence-electron chi connectivity index (χ3n) is 3.73. The summed E-state index contributed by atoms with van der Waals surface area (Å²) >= 11 is 0. The van der Waals surface area contributed by atoms with Crippen LogP contribution in [0.25, 0.3) is 11.3 Å². The van der Waals surface area contributed by atoms with Crippen LogP contribution in [-0.2, 0) is 13.0 Å². The minimum absolute atomic E-state index is 0.175. The van der Waals surface area contributed by atoms with E-state index in [1.54, 1.807) is 18.2 Å². The van der Waals surface area contributed by atoms with Gasteiger partial charge in [-0.3, -0.25) is 4.79 Å². The molecule has 3 rings (SSSR count). The number of hydrogen-bond acceptors (Lipinski definition) is 2. The zero-order chi connectivity index (χ0) is 16.2. The largest absolute Gasteiger partial charge is 0.268 e. The van der Waals surface area contributed by atoms with Crippen LogP contribution in [0.3, 0.4) is 0 Å². The molecule has 0 radical (unpaired) electrons. The minimum Gasteiger partial charge on any atom is -0.268 e. The van der Waals surface area contributed by atoms with Gasteiger partial charge in [0.05, 0.1) is 12.2 Å². The molecule has 0 saturated heterocycles. The molecule has 116 valence electrons. The molecule has 1 aromatic heterocycles. The number of aromatic nitrogens is 2. The van der Waals surface area contributed by atoms with Gasteiger partial charge in [0.1, 0.15) is 5.82 Å². The number of halogens is 1. The lowest BCUT2D eigenvalue weighted by Crippen LogP contribution is -2.24. The zero-order valence-electron chi connectivity index (χ0n) is 12.9. The van der Waals surface area contributed by atoms with Crippen LogP contribution >= 0.6 is 0 Å². The maximum absolute atomic E-state index is 13.3. The van der Waals surface area contributed by atoms with E-state index in [1.165, 1.54) is 16.8 Å². The monoisotopic (exact) mass is 308 g/mol. The van der Waals surface area contributed by atoms with Crippen LogP contribution in [0.2, 0.25) is 0 Å². The smallest absolute Gasteiger partial charge is 0.267 e. The first-order valence-corrected chi connectivity index (χ1v) is 7.58. The number of aryl methyl sites for hydroxylation is 1. The maximum Gasteiger partial charge on any atom is 0.267 e. The molecule has 3 aromatic rings. The molecule has 0 aliphatic rings. The Balaban J connectivity index is 2.06. The highest BCUT2D eigenvalue weighted by Gasteiger charge is 2.10. The van der Waals surface area contributed by atoms with Gasteiger partial charge in [-0.05, 0) is 29.7 Å². The predicted molar refractivity (Wildman–Crippen MR) is 88.8 cm³/mol. The van der Waals surface area contributed by atoms with E-state index in [1.807, 2.05) is 37.3 Å². The Morgan fingerprint density at radius 2 is 1.83 bits per heavy atom. The molecule has 2 aromatic carbocycles. The van der Waals surface area contributed by atoms with Crippen molar-refractivity contribution in [3.63, 3.8) is 0 Å². The lowest BCUT2D eigenvalue weighted by Gasteiger charge is -2.11. The van der Waals surface area contributed by atoms with E-state index in [0.717, 1.165) is 23.2 Å². The lowest BCUT2D eigenvalue weighted by atomic mass is 10.1. The summed E-state index contributed by atoms with van der Waals surface area (Å²) in [6.45, 7) is 2.25. The Kier molecular flexibility index (Phi) is 4.33. The molecular weight excluding hydrogens is 291 g/mol. The van der Waals surface area contributed by atoms with Gasteiger partial charge in [0.15, 0.2) is 0 Å². The maximum atomic E-state index is 13.3. The topological polar surface area (TPSA) is 34.9 Å². The Hall–Kier alpha value is -2.75. The molecule has 3 nitrogen and oxygen atoms in total. The van der Waals surface area contributed by atoms with Gasteiger partial charge in [0.2, 0.25) is 0 Å². The van der Waals surface area contributed by atoms with E-state index in [-0.39, 0.29) is 17.9 Å². The van der Waals surface area contributed by atoms with Crippen molar-refractivity contribution in [3.05, 3.63) is 88.0 Å². The molecule has 0 aliphatic heterocycles. The summed E-state index contributed by atoms with van der Waals surface area (Å²) in [6.07, 6.45) is 0.729. The molecule has 0 aliphatic carbocycles. The summed E-state index contributed by atoms with van der Waals surface area (Å²) in [5.41, 5.74) is 3.21. The number of benzene rings is 2. The molecule has 0 saturated carbocycles. The van der Waals surface area contributed by atoms with Crippen LogP contribution in [0.5, 0.6) is 0 Å². The third kappa shape index (κ3) is 3.37. The molecule has 23 heavy (non-hydrogen) atoms. The standard InChI is InChI=1S/C19H17FN2O/c1-2-15-12-18(23)22(13-14-7-6-10-17(20)11-14)21-19(15)16-8-4-3-5-9-16/h3-12H,2,13H2,1H3. The van der Waals surface area contributed by atoms with Gasteiger partial charge in [-0.15, -0.1) is 0 Å². The fourth-order valence-electron chi connectivity index (χ4n) is 2.56. The van der Waals surface area contributed by atoms with Crippen molar-refractivity contribution in [2.24, 2.45) is 0 Å². The average Bonchev–Trinajstić information content (AvgIpc) is 2.57. The SMILES string of the molecule is CCc1cc(=O)n(Cc2cccc(F)c2)nc1-c1ccccc1. The Morgan fingerprint density at radius 3 is 2.52 bits per heavy atom. The fourth-order valence-corrected chi connectivity index (χ4v) is 2.56. The van der Waals surface area contributed by atoms with E-state index in [9.17, 15) is 9.18 Å². The summed E-state index contributed by atoms with van der Waals surface area (Å²) in [4.78, 5) is 12.3. The summed E-state index contributed by atoms with van der Waals surface area (Å²) in [5.74, 6) is -0.316. The van der Waals surface area contributed by atoms with Crippen LogP contribution in [0.15, 0.2) is 65.5 Å². The average molecular weight is 308 g/mol. The predicted octanol–water partition coefficient (Wildman–Crippen LogP) is 3.66. The number of rotatable bonds is 4. The van der Waals surface area contributed by atoms with E-state index >= 15 is 0 Å². The van der Waals surface area contributed by atoms with Crippen LogP contribution in [0.4, 0.5) is 4.39 Å². The quantitative estimate of drug-likeness (QED) is 0.737. The van der Waals surface area contributed by atoms with Gasteiger partial charge in [-0.1, -0.05) is 49.4 Å². The normalized spacial score (nSPS) is 10.7. The molecule has 0 unspecified atom stereocenters. The third-order valence-corrected chi connectivity index (χ3v) is 3.73. The highest BCUT2D eigenvalue weighted by atomic mass is 19.1. The molecule has 0 spiro atoms. The Labute approximate surface area is 134 Å². The summed E-state index contributed by atoms with van der Waals surface area (Å²) in [6, 6.07) is 17.6. The minimum atomic E-state index is -0.316. The van der Waals surface area contributed by atoms with Crippen molar-refractivity contribution in [1.82, 2.24) is 9.78 Å².